The maximum absolute atomic E-state index is 12.9. The fourth-order valence-electron chi connectivity index (χ4n) is 3.83. The lowest BCUT2D eigenvalue weighted by Crippen LogP contribution is -2.40. The van der Waals surface area contributed by atoms with Gasteiger partial charge in [-0.2, -0.15) is 17.8 Å². The summed E-state index contributed by atoms with van der Waals surface area (Å²) >= 11 is 4.36. The average molecular weight is 495 g/mol. The third-order valence-electron chi connectivity index (χ3n) is 5.79. The van der Waals surface area contributed by atoms with Crippen molar-refractivity contribution in [2.75, 3.05) is 13.1 Å². The van der Waals surface area contributed by atoms with Crippen LogP contribution >= 0.6 is 12.6 Å². The van der Waals surface area contributed by atoms with Crippen molar-refractivity contribution >= 4 is 24.4 Å². The molecule has 1 atom stereocenters. The van der Waals surface area contributed by atoms with Gasteiger partial charge in [-0.05, 0) is 34.7 Å². The van der Waals surface area contributed by atoms with Crippen molar-refractivity contribution in [3.05, 3.63) is 54.1 Å². The molecule has 8 nitrogen and oxygen atoms in total. The van der Waals surface area contributed by atoms with Crippen LogP contribution in [0.5, 0.6) is 0 Å². The molecule has 2 amide bonds. The number of aromatic nitrogens is 4. The number of carbonyl (C=O) groups excluding carboxylic acids is 2. The van der Waals surface area contributed by atoms with Gasteiger partial charge in [-0.25, -0.2) is 0 Å². The Hall–Kier alpha value is -3.20. The van der Waals surface area contributed by atoms with E-state index in [4.69, 9.17) is 0 Å². The van der Waals surface area contributed by atoms with Gasteiger partial charge in [0.1, 0.15) is 0 Å². The standard InChI is InChI=1S/C26H34N6O2S/c1-3-5-11-24(33)32(17-16-27-26(34)23(35)8-4-2)18-19-12-14-20(15-13-19)21-9-6-7-10-22(21)25-28-30-31-29-25/h6-7,9-10,12-15,23,35H,3-5,8,11,16-18H2,1-2H3,(H,27,34)(H,28,29,30,31). The number of nitrogens with zero attached hydrogens (tertiary/aromatic N) is 4. The molecule has 35 heavy (non-hydrogen) atoms. The lowest BCUT2D eigenvalue weighted by molar-refractivity contribution is -0.132. The van der Waals surface area contributed by atoms with Crippen LogP contribution in [-0.4, -0.2) is 55.7 Å². The maximum Gasteiger partial charge on any atom is 0.232 e. The monoisotopic (exact) mass is 494 g/mol. The van der Waals surface area contributed by atoms with Crippen molar-refractivity contribution in [1.29, 1.82) is 0 Å². The Balaban J connectivity index is 1.69. The quantitative estimate of drug-likeness (QED) is 0.308. The SMILES string of the molecule is CCCCC(=O)N(CCNC(=O)C(S)CCC)Cc1ccc(-c2ccccc2-c2nn[nH]n2)cc1. The Labute approximate surface area is 212 Å². The summed E-state index contributed by atoms with van der Waals surface area (Å²) in [7, 11) is 0. The summed E-state index contributed by atoms with van der Waals surface area (Å²) in [6.07, 6.45) is 3.95. The summed E-state index contributed by atoms with van der Waals surface area (Å²) < 4.78 is 0. The van der Waals surface area contributed by atoms with Crippen LogP contribution in [0.3, 0.4) is 0 Å². The molecule has 0 aliphatic carbocycles. The summed E-state index contributed by atoms with van der Waals surface area (Å²) in [5, 5.41) is 17.0. The smallest absolute Gasteiger partial charge is 0.232 e. The minimum Gasteiger partial charge on any atom is -0.353 e. The van der Waals surface area contributed by atoms with E-state index in [0.717, 1.165) is 47.9 Å². The van der Waals surface area contributed by atoms with Gasteiger partial charge in [0.05, 0.1) is 5.25 Å². The molecule has 186 valence electrons. The molecule has 0 bridgehead atoms. The Morgan fingerprint density at radius 1 is 1.06 bits per heavy atom. The highest BCUT2D eigenvalue weighted by Crippen LogP contribution is 2.29. The van der Waals surface area contributed by atoms with Crippen LogP contribution in [0.4, 0.5) is 0 Å². The first kappa shape index (κ1) is 26.4. The second kappa shape index (κ2) is 13.6. The molecule has 0 saturated heterocycles. The summed E-state index contributed by atoms with van der Waals surface area (Å²) in [5.74, 6) is 0.561. The number of hydrogen-bond acceptors (Lipinski definition) is 6. The molecule has 0 aliphatic heterocycles. The molecule has 2 aromatic carbocycles. The Morgan fingerprint density at radius 2 is 1.80 bits per heavy atom. The van der Waals surface area contributed by atoms with Gasteiger partial charge < -0.3 is 10.2 Å². The number of aromatic amines is 1. The zero-order valence-electron chi connectivity index (χ0n) is 20.4. The molecule has 0 fully saturated rings. The molecule has 3 aromatic rings. The van der Waals surface area contributed by atoms with Crippen LogP contribution in [-0.2, 0) is 16.1 Å². The largest absolute Gasteiger partial charge is 0.353 e. The van der Waals surface area contributed by atoms with Crippen molar-refractivity contribution in [2.24, 2.45) is 0 Å². The fraction of sp³-hybridized carbons (Fsp3) is 0.423. The van der Waals surface area contributed by atoms with Gasteiger partial charge in [0, 0.05) is 31.6 Å². The van der Waals surface area contributed by atoms with Gasteiger partial charge in [-0.3, -0.25) is 9.59 Å². The number of thiol groups is 1. The number of rotatable bonds is 13. The lowest BCUT2D eigenvalue weighted by Gasteiger charge is -2.24. The molecule has 0 spiro atoms. The number of H-pyrrole nitrogens is 1. The summed E-state index contributed by atoms with van der Waals surface area (Å²) in [6, 6.07) is 16.1. The summed E-state index contributed by atoms with van der Waals surface area (Å²) in [4.78, 5) is 26.9. The first-order chi connectivity index (χ1) is 17.0. The maximum atomic E-state index is 12.9. The van der Waals surface area contributed by atoms with Gasteiger partial charge in [0.15, 0.2) is 0 Å². The van der Waals surface area contributed by atoms with Crippen molar-refractivity contribution in [3.63, 3.8) is 0 Å². The predicted octanol–water partition coefficient (Wildman–Crippen LogP) is 4.27. The Kier molecular flexibility index (Phi) is 10.3. The van der Waals surface area contributed by atoms with Crippen LogP contribution < -0.4 is 5.32 Å². The Morgan fingerprint density at radius 3 is 2.46 bits per heavy atom. The van der Waals surface area contributed by atoms with Crippen LogP contribution in [0.25, 0.3) is 22.5 Å². The average Bonchev–Trinajstić information content (AvgIpc) is 3.42. The van der Waals surface area contributed by atoms with E-state index in [9.17, 15) is 9.59 Å². The normalized spacial score (nSPS) is 11.7. The van der Waals surface area contributed by atoms with Gasteiger partial charge in [-0.1, -0.05) is 75.2 Å². The number of nitrogens with one attached hydrogen (secondary N) is 2. The molecule has 0 aliphatic rings. The zero-order chi connectivity index (χ0) is 25.0. The minimum atomic E-state index is -0.313. The minimum absolute atomic E-state index is 0.0826. The predicted molar refractivity (Wildman–Crippen MR) is 141 cm³/mol. The van der Waals surface area contributed by atoms with E-state index in [1.165, 1.54) is 0 Å². The van der Waals surface area contributed by atoms with E-state index in [1.54, 1.807) is 0 Å². The molecule has 1 heterocycles. The van der Waals surface area contributed by atoms with E-state index < -0.39 is 0 Å². The van der Waals surface area contributed by atoms with Gasteiger partial charge in [0.25, 0.3) is 0 Å². The number of hydrogen-bond donors (Lipinski definition) is 3. The van der Waals surface area contributed by atoms with Gasteiger partial charge >= 0.3 is 0 Å². The highest BCUT2D eigenvalue weighted by molar-refractivity contribution is 7.81. The first-order valence-corrected chi connectivity index (χ1v) is 12.7. The molecule has 1 aromatic heterocycles. The number of carbonyl (C=O) groups is 2. The molecular formula is C26H34N6O2S. The number of benzene rings is 2. The number of amides is 2. The van der Waals surface area contributed by atoms with Crippen LogP contribution in [0.1, 0.15) is 51.5 Å². The molecule has 1 unspecified atom stereocenters. The van der Waals surface area contributed by atoms with E-state index in [2.05, 4.69) is 45.5 Å². The van der Waals surface area contributed by atoms with Crippen LogP contribution in [0.2, 0.25) is 0 Å². The van der Waals surface area contributed by atoms with Crippen molar-refractivity contribution in [2.45, 2.75) is 57.7 Å². The highest BCUT2D eigenvalue weighted by atomic mass is 32.1. The van der Waals surface area contributed by atoms with Gasteiger partial charge in [0.2, 0.25) is 17.6 Å². The van der Waals surface area contributed by atoms with Gasteiger partial charge in [-0.15, -0.1) is 10.2 Å². The van der Waals surface area contributed by atoms with Crippen molar-refractivity contribution in [1.82, 2.24) is 30.8 Å². The van der Waals surface area contributed by atoms with Crippen LogP contribution in [0, 0.1) is 0 Å². The summed E-state index contributed by atoms with van der Waals surface area (Å²) in [6.45, 7) is 5.46. The molecule has 0 radical (unpaired) electrons. The molecule has 2 N–H and O–H groups in total. The van der Waals surface area contributed by atoms with Crippen molar-refractivity contribution < 1.29 is 9.59 Å². The number of tetrazole rings is 1. The molecule has 9 heteroatoms. The van der Waals surface area contributed by atoms with E-state index in [-0.39, 0.29) is 17.1 Å². The zero-order valence-corrected chi connectivity index (χ0v) is 21.3. The molecule has 3 rings (SSSR count). The highest BCUT2D eigenvalue weighted by Gasteiger charge is 2.17. The summed E-state index contributed by atoms with van der Waals surface area (Å²) in [5.41, 5.74) is 3.96. The third kappa shape index (κ3) is 7.65. The Bertz CT molecular complexity index is 1070. The van der Waals surface area contributed by atoms with E-state index in [1.807, 2.05) is 60.4 Å². The lowest BCUT2D eigenvalue weighted by atomic mass is 9.98. The van der Waals surface area contributed by atoms with Crippen LogP contribution in [0.15, 0.2) is 48.5 Å². The van der Waals surface area contributed by atoms with E-state index in [0.29, 0.717) is 31.9 Å². The molecular weight excluding hydrogens is 460 g/mol. The number of unbranched alkanes of at least 4 members (excludes halogenated alkanes) is 1. The van der Waals surface area contributed by atoms with Crippen molar-refractivity contribution in [3.8, 4) is 22.5 Å². The second-order valence-corrected chi connectivity index (χ2v) is 9.12. The van der Waals surface area contributed by atoms with E-state index >= 15 is 0 Å². The topological polar surface area (TPSA) is 104 Å². The molecule has 0 saturated carbocycles. The second-order valence-electron chi connectivity index (χ2n) is 8.49. The third-order valence-corrected chi connectivity index (χ3v) is 6.29. The first-order valence-electron chi connectivity index (χ1n) is 12.2. The fourth-order valence-corrected chi connectivity index (χ4v) is 4.18.